The largest absolute Gasteiger partial charge is 0.461 e. The van der Waals surface area contributed by atoms with E-state index in [1.165, 1.54) is 12.8 Å². The van der Waals surface area contributed by atoms with Gasteiger partial charge in [-0.3, -0.25) is 4.90 Å². The fraction of sp³-hybridized carbons (Fsp3) is 0.867. The second-order valence-electron chi connectivity index (χ2n) is 6.04. The standard InChI is InChI=1S/C15H28N2O4/c1-11(2)13(14(18)21-12(3)4)16-15(19)20-10-9-17-7-5-6-8-17/h11-13H,5-10H2,1-4H3,(H,16,19)/t13-/m0/s1. The first-order valence-electron chi connectivity index (χ1n) is 7.76. The predicted octanol–water partition coefficient (Wildman–Crippen LogP) is 1.78. The van der Waals surface area contributed by atoms with Crippen molar-refractivity contribution in [2.24, 2.45) is 5.92 Å². The molecule has 0 spiro atoms. The van der Waals surface area contributed by atoms with Gasteiger partial charge in [0.05, 0.1) is 6.10 Å². The molecule has 0 radical (unpaired) electrons. The van der Waals surface area contributed by atoms with Crippen LogP contribution in [-0.2, 0) is 14.3 Å². The number of hydrogen-bond donors (Lipinski definition) is 1. The molecular weight excluding hydrogens is 272 g/mol. The molecule has 1 aliphatic heterocycles. The number of likely N-dealkylation sites (tertiary alicyclic amines) is 1. The summed E-state index contributed by atoms with van der Waals surface area (Å²) in [6, 6.07) is -0.674. The minimum Gasteiger partial charge on any atom is -0.461 e. The quantitative estimate of drug-likeness (QED) is 0.726. The molecule has 0 bridgehead atoms. The fourth-order valence-corrected chi connectivity index (χ4v) is 2.25. The lowest BCUT2D eigenvalue weighted by molar-refractivity contribution is -0.151. The summed E-state index contributed by atoms with van der Waals surface area (Å²) in [7, 11) is 0. The monoisotopic (exact) mass is 300 g/mol. The highest BCUT2D eigenvalue weighted by molar-refractivity contribution is 5.81. The third-order valence-corrected chi connectivity index (χ3v) is 3.39. The molecule has 0 aromatic heterocycles. The van der Waals surface area contributed by atoms with E-state index in [-0.39, 0.29) is 12.0 Å². The highest BCUT2D eigenvalue weighted by Crippen LogP contribution is 2.07. The predicted molar refractivity (Wildman–Crippen MR) is 80.0 cm³/mol. The number of esters is 1. The van der Waals surface area contributed by atoms with E-state index in [4.69, 9.17) is 9.47 Å². The van der Waals surface area contributed by atoms with E-state index in [1.807, 2.05) is 13.8 Å². The van der Waals surface area contributed by atoms with Crippen LogP contribution in [-0.4, -0.2) is 55.3 Å². The molecule has 1 amide bonds. The summed E-state index contributed by atoms with van der Waals surface area (Å²) in [6.45, 7) is 10.5. The van der Waals surface area contributed by atoms with Gasteiger partial charge in [0.1, 0.15) is 12.6 Å². The maximum absolute atomic E-state index is 11.9. The van der Waals surface area contributed by atoms with E-state index in [2.05, 4.69) is 10.2 Å². The fourth-order valence-electron chi connectivity index (χ4n) is 2.25. The SMILES string of the molecule is CC(C)OC(=O)[C@@H](NC(=O)OCCN1CCCC1)C(C)C. The number of nitrogens with zero attached hydrogens (tertiary/aromatic N) is 1. The van der Waals surface area contributed by atoms with Crippen LogP contribution in [0.4, 0.5) is 4.79 Å². The molecular formula is C15H28N2O4. The van der Waals surface area contributed by atoms with Gasteiger partial charge in [0.25, 0.3) is 0 Å². The second kappa shape index (κ2) is 8.87. The van der Waals surface area contributed by atoms with Crippen LogP contribution in [0.25, 0.3) is 0 Å². The molecule has 0 aliphatic carbocycles. The zero-order valence-electron chi connectivity index (χ0n) is 13.6. The molecule has 1 heterocycles. The minimum atomic E-state index is -0.674. The highest BCUT2D eigenvalue weighted by Gasteiger charge is 2.27. The molecule has 6 nitrogen and oxygen atoms in total. The summed E-state index contributed by atoms with van der Waals surface area (Å²) in [5, 5.41) is 2.59. The van der Waals surface area contributed by atoms with Gasteiger partial charge in [0.15, 0.2) is 0 Å². The second-order valence-corrected chi connectivity index (χ2v) is 6.04. The van der Waals surface area contributed by atoms with E-state index in [0.717, 1.165) is 19.6 Å². The first-order chi connectivity index (χ1) is 9.90. The first kappa shape index (κ1) is 17.8. The van der Waals surface area contributed by atoms with Gasteiger partial charge in [-0.05, 0) is 45.7 Å². The van der Waals surface area contributed by atoms with Crippen LogP contribution in [0.2, 0.25) is 0 Å². The minimum absolute atomic E-state index is 0.0533. The van der Waals surface area contributed by atoms with E-state index in [9.17, 15) is 9.59 Å². The van der Waals surface area contributed by atoms with E-state index < -0.39 is 18.1 Å². The average Bonchev–Trinajstić information content (AvgIpc) is 2.87. The summed E-state index contributed by atoms with van der Waals surface area (Å²) in [4.78, 5) is 25.9. The molecule has 21 heavy (non-hydrogen) atoms. The van der Waals surface area contributed by atoms with Crippen molar-refractivity contribution in [3.63, 3.8) is 0 Å². The molecule has 6 heteroatoms. The molecule has 1 saturated heterocycles. The van der Waals surface area contributed by atoms with Crippen molar-refractivity contribution in [3.8, 4) is 0 Å². The number of alkyl carbamates (subject to hydrolysis) is 1. The van der Waals surface area contributed by atoms with Crippen LogP contribution in [0.3, 0.4) is 0 Å². The summed E-state index contributed by atoms with van der Waals surface area (Å²) in [6.07, 6.45) is 1.66. The average molecular weight is 300 g/mol. The number of ether oxygens (including phenoxy) is 2. The molecule has 1 rings (SSSR count). The molecule has 122 valence electrons. The van der Waals surface area contributed by atoms with Crippen molar-refractivity contribution in [1.82, 2.24) is 10.2 Å². The van der Waals surface area contributed by atoms with Gasteiger partial charge in [-0.25, -0.2) is 9.59 Å². The third kappa shape index (κ3) is 6.80. The van der Waals surface area contributed by atoms with Crippen molar-refractivity contribution in [1.29, 1.82) is 0 Å². The Morgan fingerprint density at radius 3 is 2.29 bits per heavy atom. The lowest BCUT2D eigenvalue weighted by Crippen LogP contribution is -2.46. The number of amides is 1. The first-order valence-corrected chi connectivity index (χ1v) is 7.76. The Morgan fingerprint density at radius 2 is 1.76 bits per heavy atom. The van der Waals surface area contributed by atoms with E-state index in [0.29, 0.717) is 6.61 Å². The Morgan fingerprint density at radius 1 is 1.14 bits per heavy atom. The number of rotatable bonds is 7. The topological polar surface area (TPSA) is 67.9 Å². The molecule has 1 atom stereocenters. The van der Waals surface area contributed by atoms with Gasteiger partial charge >= 0.3 is 12.1 Å². The lowest BCUT2D eigenvalue weighted by Gasteiger charge is -2.22. The summed E-state index contributed by atoms with van der Waals surface area (Å²) >= 11 is 0. The van der Waals surface area contributed by atoms with Crippen LogP contribution >= 0.6 is 0 Å². The zero-order valence-corrected chi connectivity index (χ0v) is 13.6. The summed E-state index contributed by atoms with van der Waals surface area (Å²) < 4.78 is 10.3. The van der Waals surface area contributed by atoms with Gasteiger partial charge in [-0.15, -0.1) is 0 Å². The van der Waals surface area contributed by atoms with Crippen molar-refractivity contribution >= 4 is 12.1 Å². The van der Waals surface area contributed by atoms with Gasteiger partial charge in [-0.1, -0.05) is 13.8 Å². The van der Waals surface area contributed by atoms with E-state index in [1.54, 1.807) is 13.8 Å². The van der Waals surface area contributed by atoms with Gasteiger partial charge < -0.3 is 14.8 Å². The smallest absolute Gasteiger partial charge is 0.407 e. The molecule has 0 unspecified atom stereocenters. The molecule has 1 N–H and O–H groups in total. The Balaban J connectivity index is 2.32. The van der Waals surface area contributed by atoms with Crippen LogP contribution in [0.5, 0.6) is 0 Å². The molecule has 1 fully saturated rings. The van der Waals surface area contributed by atoms with Crippen molar-refractivity contribution in [2.45, 2.75) is 52.7 Å². The highest BCUT2D eigenvalue weighted by atomic mass is 16.6. The molecule has 0 saturated carbocycles. The number of carbonyl (C=O) groups is 2. The third-order valence-electron chi connectivity index (χ3n) is 3.39. The van der Waals surface area contributed by atoms with Gasteiger partial charge in [0.2, 0.25) is 0 Å². The lowest BCUT2D eigenvalue weighted by atomic mass is 10.1. The Bertz CT molecular complexity index is 339. The maximum atomic E-state index is 11.9. The Labute approximate surface area is 127 Å². The van der Waals surface area contributed by atoms with Crippen LogP contribution < -0.4 is 5.32 Å². The molecule has 0 aromatic carbocycles. The number of hydrogen-bond acceptors (Lipinski definition) is 5. The maximum Gasteiger partial charge on any atom is 0.407 e. The Hall–Kier alpha value is -1.30. The van der Waals surface area contributed by atoms with Gasteiger partial charge in [-0.2, -0.15) is 0 Å². The molecule has 1 aliphatic rings. The van der Waals surface area contributed by atoms with Crippen molar-refractivity contribution in [3.05, 3.63) is 0 Å². The van der Waals surface area contributed by atoms with Crippen molar-refractivity contribution < 1.29 is 19.1 Å². The number of nitrogens with one attached hydrogen (secondary N) is 1. The van der Waals surface area contributed by atoms with E-state index >= 15 is 0 Å². The number of carbonyl (C=O) groups excluding carboxylic acids is 2. The zero-order chi connectivity index (χ0) is 15.8. The molecule has 0 aromatic rings. The summed E-state index contributed by atoms with van der Waals surface area (Å²) in [5.41, 5.74) is 0. The van der Waals surface area contributed by atoms with Crippen molar-refractivity contribution in [2.75, 3.05) is 26.2 Å². The normalized spacial score (nSPS) is 17.0. The van der Waals surface area contributed by atoms with Gasteiger partial charge in [0, 0.05) is 6.54 Å². The summed E-state index contributed by atoms with van der Waals surface area (Å²) in [5.74, 6) is -0.473. The van der Waals surface area contributed by atoms with Crippen LogP contribution in [0, 0.1) is 5.92 Å². The van der Waals surface area contributed by atoms with Crippen LogP contribution in [0.15, 0.2) is 0 Å². The Kier molecular flexibility index (Phi) is 7.50. The van der Waals surface area contributed by atoms with Crippen LogP contribution in [0.1, 0.15) is 40.5 Å².